The predicted molar refractivity (Wildman–Crippen MR) is 78.1 cm³/mol. The van der Waals surface area contributed by atoms with Gasteiger partial charge in [-0.1, -0.05) is 33.6 Å². The summed E-state index contributed by atoms with van der Waals surface area (Å²) in [4.78, 5) is 23.5. The molecule has 0 aromatic rings. The van der Waals surface area contributed by atoms with Crippen LogP contribution in [0.5, 0.6) is 0 Å². The summed E-state index contributed by atoms with van der Waals surface area (Å²) in [5, 5.41) is 14.9. The number of hydrogen-bond donors (Lipinski definition) is 3. The van der Waals surface area contributed by atoms with Gasteiger partial charge in [0.15, 0.2) is 0 Å². The van der Waals surface area contributed by atoms with Gasteiger partial charge in [0.25, 0.3) is 0 Å². The smallest absolute Gasteiger partial charge is 0.239 e. The number of aliphatic hydroxyl groups excluding tert-OH is 1. The van der Waals surface area contributed by atoms with E-state index < -0.39 is 0 Å². The van der Waals surface area contributed by atoms with Gasteiger partial charge in [0.05, 0.1) is 6.54 Å². The van der Waals surface area contributed by atoms with Crippen molar-refractivity contribution in [2.75, 3.05) is 13.2 Å². The molecule has 0 radical (unpaired) electrons. The summed E-state index contributed by atoms with van der Waals surface area (Å²) in [5.41, 5.74) is -0.0775. The molecule has 1 rings (SSSR count). The van der Waals surface area contributed by atoms with Crippen LogP contribution < -0.4 is 10.6 Å². The van der Waals surface area contributed by atoms with E-state index in [9.17, 15) is 14.7 Å². The second-order valence-corrected chi connectivity index (χ2v) is 6.92. The third-order valence-corrected chi connectivity index (χ3v) is 3.63. The second-order valence-electron chi connectivity index (χ2n) is 6.92. The van der Waals surface area contributed by atoms with Gasteiger partial charge in [0, 0.05) is 25.0 Å². The molecular weight excluding hydrogens is 256 g/mol. The molecule has 1 aliphatic carbocycles. The Kier molecular flexibility index (Phi) is 6.46. The van der Waals surface area contributed by atoms with Crippen LogP contribution in [-0.2, 0) is 9.59 Å². The van der Waals surface area contributed by atoms with E-state index in [4.69, 9.17) is 0 Å². The Labute approximate surface area is 121 Å². The number of rotatable bonds is 5. The number of carbonyl (C=O) groups is 2. The van der Waals surface area contributed by atoms with Gasteiger partial charge in [-0.25, -0.2) is 0 Å². The minimum Gasteiger partial charge on any atom is -0.396 e. The lowest BCUT2D eigenvalue weighted by Crippen LogP contribution is -2.47. The minimum atomic E-state index is -0.169. The molecule has 1 fully saturated rings. The Hall–Kier alpha value is -1.10. The molecule has 0 heterocycles. The van der Waals surface area contributed by atoms with Crippen LogP contribution in [0, 0.1) is 11.3 Å². The zero-order chi connectivity index (χ0) is 15.2. The molecule has 0 bridgehead atoms. The molecule has 2 amide bonds. The van der Waals surface area contributed by atoms with E-state index in [1.165, 1.54) is 0 Å². The number of carbonyl (C=O) groups excluding carboxylic acids is 2. The van der Waals surface area contributed by atoms with Crippen molar-refractivity contribution in [2.24, 2.45) is 11.3 Å². The van der Waals surface area contributed by atoms with E-state index in [1.54, 1.807) is 0 Å². The Morgan fingerprint density at radius 2 is 1.80 bits per heavy atom. The Bertz CT molecular complexity index is 337. The Morgan fingerprint density at radius 3 is 2.40 bits per heavy atom. The van der Waals surface area contributed by atoms with Gasteiger partial charge in [-0.15, -0.1) is 0 Å². The number of aliphatic hydroxyl groups is 1. The molecule has 0 saturated heterocycles. The fourth-order valence-electron chi connectivity index (χ4n) is 2.60. The van der Waals surface area contributed by atoms with Gasteiger partial charge in [-0.2, -0.15) is 0 Å². The van der Waals surface area contributed by atoms with Crippen molar-refractivity contribution in [3.63, 3.8) is 0 Å². The first kappa shape index (κ1) is 17.0. The molecule has 5 nitrogen and oxygen atoms in total. The van der Waals surface area contributed by atoms with Crippen LogP contribution in [0.2, 0.25) is 0 Å². The summed E-state index contributed by atoms with van der Waals surface area (Å²) in [5.74, 6) is -0.120. The van der Waals surface area contributed by atoms with Crippen molar-refractivity contribution in [1.82, 2.24) is 10.6 Å². The maximum Gasteiger partial charge on any atom is 0.239 e. The van der Waals surface area contributed by atoms with Gasteiger partial charge < -0.3 is 15.7 Å². The van der Waals surface area contributed by atoms with Crippen molar-refractivity contribution in [3.8, 4) is 0 Å². The van der Waals surface area contributed by atoms with Crippen LogP contribution in [0.4, 0.5) is 0 Å². The predicted octanol–water partition coefficient (Wildman–Crippen LogP) is 1.21. The molecule has 1 aliphatic rings. The zero-order valence-electron chi connectivity index (χ0n) is 12.9. The highest BCUT2D eigenvalue weighted by Gasteiger charge is 2.25. The SMILES string of the molecule is CC(C)(C)CC(=O)NCC(=O)N[C@H]1CCCC[C@@H]1CO. The van der Waals surface area contributed by atoms with Crippen LogP contribution in [0.1, 0.15) is 52.9 Å². The molecule has 0 unspecified atom stereocenters. The largest absolute Gasteiger partial charge is 0.396 e. The third kappa shape index (κ3) is 6.37. The van der Waals surface area contributed by atoms with E-state index >= 15 is 0 Å². The van der Waals surface area contributed by atoms with Crippen LogP contribution in [-0.4, -0.2) is 36.1 Å². The fourth-order valence-corrected chi connectivity index (χ4v) is 2.60. The second kappa shape index (κ2) is 7.62. The molecule has 2 atom stereocenters. The summed E-state index contributed by atoms with van der Waals surface area (Å²) in [6.45, 7) is 6.09. The van der Waals surface area contributed by atoms with Crippen molar-refractivity contribution < 1.29 is 14.7 Å². The highest BCUT2D eigenvalue weighted by molar-refractivity contribution is 5.85. The first-order valence-electron chi connectivity index (χ1n) is 7.49. The van der Waals surface area contributed by atoms with E-state index in [1.807, 2.05) is 20.8 Å². The van der Waals surface area contributed by atoms with Crippen LogP contribution in [0.25, 0.3) is 0 Å². The van der Waals surface area contributed by atoms with Crippen molar-refractivity contribution in [3.05, 3.63) is 0 Å². The average Bonchev–Trinajstić information content (AvgIpc) is 2.35. The maximum absolute atomic E-state index is 11.8. The van der Waals surface area contributed by atoms with Crippen molar-refractivity contribution in [1.29, 1.82) is 0 Å². The minimum absolute atomic E-state index is 0.0174. The van der Waals surface area contributed by atoms with Crippen LogP contribution >= 0.6 is 0 Å². The maximum atomic E-state index is 11.8. The molecule has 0 aromatic heterocycles. The van der Waals surface area contributed by atoms with E-state index in [0.717, 1.165) is 25.7 Å². The van der Waals surface area contributed by atoms with Crippen molar-refractivity contribution >= 4 is 11.8 Å². The number of hydrogen-bond acceptors (Lipinski definition) is 3. The number of nitrogens with one attached hydrogen (secondary N) is 2. The summed E-state index contributed by atoms with van der Waals surface area (Å²) in [7, 11) is 0. The topological polar surface area (TPSA) is 78.4 Å². The normalized spacial score (nSPS) is 23.2. The molecule has 1 saturated carbocycles. The van der Waals surface area contributed by atoms with E-state index in [-0.39, 0.29) is 42.3 Å². The van der Waals surface area contributed by atoms with Crippen LogP contribution in [0.15, 0.2) is 0 Å². The number of amides is 2. The molecule has 0 aliphatic heterocycles. The van der Waals surface area contributed by atoms with Gasteiger partial charge in [0.2, 0.25) is 11.8 Å². The van der Waals surface area contributed by atoms with Crippen molar-refractivity contribution in [2.45, 2.75) is 58.9 Å². The molecule has 3 N–H and O–H groups in total. The summed E-state index contributed by atoms with van der Waals surface area (Å²) < 4.78 is 0. The quantitative estimate of drug-likeness (QED) is 0.710. The summed E-state index contributed by atoms with van der Waals surface area (Å²) >= 11 is 0. The van der Waals surface area contributed by atoms with Gasteiger partial charge >= 0.3 is 0 Å². The Balaban J connectivity index is 2.30. The third-order valence-electron chi connectivity index (χ3n) is 3.63. The average molecular weight is 284 g/mol. The standard InChI is InChI=1S/C15H28N2O3/c1-15(2,3)8-13(19)16-9-14(20)17-12-7-5-4-6-11(12)10-18/h11-12,18H,4-10H2,1-3H3,(H,16,19)(H,17,20)/t11-,12+/m1/s1. The van der Waals surface area contributed by atoms with E-state index in [2.05, 4.69) is 10.6 Å². The molecule has 0 aromatic carbocycles. The first-order valence-corrected chi connectivity index (χ1v) is 7.49. The molecule has 116 valence electrons. The van der Waals surface area contributed by atoms with E-state index in [0.29, 0.717) is 6.42 Å². The summed E-state index contributed by atoms with van der Waals surface area (Å²) in [6, 6.07) is 0.0424. The van der Waals surface area contributed by atoms with Gasteiger partial charge in [-0.05, 0) is 18.3 Å². The lowest BCUT2D eigenvalue weighted by Gasteiger charge is -2.30. The first-order chi connectivity index (χ1) is 9.31. The molecule has 5 heteroatoms. The lowest BCUT2D eigenvalue weighted by atomic mass is 9.85. The highest BCUT2D eigenvalue weighted by atomic mass is 16.3. The zero-order valence-corrected chi connectivity index (χ0v) is 12.9. The Morgan fingerprint density at radius 1 is 1.15 bits per heavy atom. The monoisotopic (exact) mass is 284 g/mol. The summed E-state index contributed by atoms with van der Waals surface area (Å²) in [6.07, 6.45) is 4.46. The van der Waals surface area contributed by atoms with Gasteiger partial charge in [0.1, 0.15) is 0 Å². The highest BCUT2D eigenvalue weighted by Crippen LogP contribution is 2.23. The molecule has 0 spiro atoms. The molecule has 20 heavy (non-hydrogen) atoms. The lowest BCUT2D eigenvalue weighted by molar-refractivity contribution is -0.127. The fraction of sp³-hybridized carbons (Fsp3) is 0.867. The van der Waals surface area contributed by atoms with Gasteiger partial charge in [-0.3, -0.25) is 9.59 Å². The van der Waals surface area contributed by atoms with Crippen LogP contribution in [0.3, 0.4) is 0 Å². The molecular formula is C15H28N2O3.